The van der Waals surface area contributed by atoms with Crippen LogP contribution in [-0.2, 0) is 0 Å². The van der Waals surface area contributed by atoms with Crippen molar-refractivity contribution in [3.05, 3.63) is 40.5 Å². The van der Waals surface area contributed by atoms with Gasteiger partial charge < -0.3 is 11.5 Å². The molecule has 0 saturated heterocycles. The second kappa shape index (κ2) is 4.10. The number of carbonyl (C=O) groups excluding carboxylic acids is 1. The average Bonchev–Trinajstić information content (AvgIpc) is 2.58. The SMILES string of the molecule is Cc1cn(-c2ccc(C(N)=O)c(Cl)c2)nc1N. The highest BCUT2D eigenvalue weighted by Crippen LogP contribution is 2.21. The van der Waals surface area contributed by atoms with Crippen LogP contribution in [0, 0.1) is 6.92 Å². The van der Waals surface area contributed by atoms with Crippen molar-refractivity contribution in [1.29, 1.82) is 0 Å². The minimum atomic E-state index is -0.558. The number of nitrogen functional groups attached to an aromatic ring is 1. The van der Waals surface area contributed by atoms with Gasteiger partial charge in [-0.3, -0.25) is 4.79 Å². The highest BCUT2D eigenvalue weighted by molar-refractivity contribution is 6.34. The molecule has 0 unspecified atom stereocenters. The Morgan fingerprint density at radius 3 is 2.65 bits per heavy atom. The molecule has 1 aromatic heterocycles. The molecule has 0 aliphatic carbocycles. The third-order valence-electron chi connectivity index (χ3n) is 2.42. The molecule has 0 bridgehead atoms. The molecule has 6 heteroatoms. The maximum absolute atomic E-state index is 11.0. The largest absolute Gasteiger partial charge is 0.382 e. The number of benzene rings is 1. The lowest BCUT2D eigenvalue weighted by Crippen LogP contribution is -2.11. The van der Waals surface area contributed by atoms with E-state index >= 15 is 0 Å². The van der Waals surface area contributed by atoms with Crippen molar-refractivity contribution in [3.8, 4) is 5.69 Å². The van der Waals surface area contributed by atoms with Gasteiger partial charge in [-0.05, 0) is 25.1 Å². The summed E-state index contributed by atoms with van der Waals surface area (Å²) in [6.45, 7) is 1.86. The Morgan fingerprint density at radius 2 is 2.18 bits per heavy atom. The lowest BCUT2D eigenvalue weighted by atomic mass is 10.2. The van der Waals surface area contributed by atoms with Crippen molar-refractivity contribution in [3.63, 3.8) is 0 Å². The summed E-state index contributed by atoms with van der Waals surface area (Å²) < 4.78 is 1.60. The van der Waals surface area contributed by atoms with Crippen LogP contribution in [0.2, 0.25) is 5.02 Å². The number of rotatable bonds is 2. The van der Waals surface area contributed by atoms with Gasteiger partial charge in [0.15, 0.2) is 0 Å². The van der Waals surface area contributed by atoms with E-state index < -0.39 is 5.91 Å². The van der Waals surface area contributed by atoms with E-state index in [0.29, 0.717) is 10.8 Å². The molecule has 0 spiro atoms. The molecule has 1 aromatic carbocycles. The van der Waals surface area contributed by atoms with Gasteiger partial charge in [0.05, 0.1) is 16.3 Å². The van der Waals surface area contributed by atoms with Crippen molar-refractivity contribution in [1.82, 2.24) is 9.78 Å². The molecule has 4 N–H and O–H groups in total. The molecule has 1 amide bonds. The van der Waals surface area contributed by atoms with Gasteiger partial charge in [-0.25, -0.2) is 4.68 Å². The highest BCUT2D eigenvalue weighted by Gasteiger charge is 2.09. The van der Waals surface area contributed by atoms with Crippen LogP contribution in [0.3, 0.4) is 0 Å². The summed E-state index contributed by atoms with van der Waals surface area (Å²) in [5.41, 5.74) is 12.7. The second-order valence-electron chi connectivity index (χ2n) is 3.67. The molecule has 5 nitrogen and oxygen atoms in total. The number of aryl methyl sites for hydroxylation is 1. The predicted octanol–water partition coefficient (Wildman–Crippen LogP) is 1.52. The van der Waals surface area contributed by atoms with Crippen LogP contribution >= 0.6 is 11.6 Å². The van der Waals surface area contributed by atoms with E-state index in [1.165, 1.54) is 0 Å². The standard InChI is InChI=1S/C11H11ClN4O/c1-6-5-16(15-10(6)13)7-2-3-8(11(14)17)9(12)4-7/h2-5H,1H3,(H2,13,15)(H2,14,17). The number of nitrogens with zero attached hydrogens (tertiary/aromatic N) is 2. The van der Waals surface area contributed by atoms with Gasteiger partial charge in [0.25, 0.3) is 0 Å². The summed E-state index contributed by atoms with van der Waals surface area (Å²) in [4.78, 5) is 11.0. The number of nitrogens with two attached hydrogens (primary N) is 2. The molecular formula is C11H11ClN4O. The number of aromatic nitrogens is 2. The van der Waals surface area contributed by atoms with Crippen molar-refractivity contribution < 1.29 is 4.79 Å². The summed E-state index contributed by atoms with van der Waals surface area (Å²) in [5, 5.41) is 4.41. The second-order valence-corrected chi connectivity index (χ2v) is 4.08. The topological polar surface area (TPSA) is 86.9 Å². The molecule has 0 radical (unpaired) electrons. The van der Waals surface area contributed by atoms with Gasteiger partial charge in [-0.1, -0.05) is 11.6 Å². The monoisotopic (exact) mass is 250 g/mol. The minimum absolute atomic E-state index is 0.285. The van der Waals surface area contributed by atoms with Crippen LogP contribution in [0.15, 0.2) is 24.4 Å². The summed E-state index contributed by atoms with van der Waals surface area (Å²) in [6, 6.07) is 4.89. The number of amides is 1. The van der Waals surface area contributed by atoms with E-state index in [1.54, 1.807) is 29.1 Å². The first-order chi connectivity index (χ1) is 7.99. The molecule has 88 valence electrons. The van der Waals surface area contributed by atoms with Gasteiger partial charge in [0, 0.05) is 11.8 Å². The van der Waals surface area contributed by atoms with Gasteiger partial charge in [0.2, 0.25) is 5.91 Å². The van der Waals surface area contributed by atoms with E-state index in [1.807, 2.05) is 6.92 Å². The molecule has 1 heterocycles. The molecule has 0 saturated carbocycles. The number of halogens is 1. The maximum atomic E-state index is 11.0. The molecule has 0 atom stereocenters. The Morgan fingerprint density at radius 1 is 1.47 bits per heavy atom. The fourth-order valence-electron chi connectivity index (χ4n) is 1.45. The quantitative estimate of drug-likeness (QED) is 0.847. The smallest absolute Gasteiger partial charge is 0.250 e. The number of anilines is 1. The van der Waals surface area contributed by atoms with Crippen LogP contribution in [0.5, 0.6) is 0 Å². The zero-order valence-electron chi connectivity index (χ0n) is 9.14. The first-order valence-corrected chi connectivity index (χ1v) is 5.28. The first kappa shape index (κ1) is 11.5. The lowest BCUT2D eigenvalue weighted by Gasteiger charge is -2.04. The number of carbonyl (C=O) groups is 1. The van der Waals surface area contributed by atoms with Crippen LogP contribution in [-0.4, -0.2) is 15.7 Å². The molecule has 0 aliphatic heterocycles. The van der Waals surface area contributed by atoms with Crippen LogP contribution in [0.25, 0.3) is 5.69 Å². The molecule has 0 aliphatic rings. The Kier molecular flexibility index (Phi) is 2.77. The molecule has 0 fully saturated rings. The average molecular weight is 251 g/mol. The zero-order valence-corrected chi connectivity index (χ0v) is 9.90. The summed E-state index contributed by atoms with van der Waals surface area (Å²) >= 11 is 5.95. The Hall–Kier alpha value is -2.01. The number of primary amides is 1. The maximum Gasteiger partial charge on any atom is 0.250 e. The minimum Gasteiger partial charge on any atom is -0.382 e. The van der Waals surface area contributed by atoms with Gasteiger partial charge in [-0.2, -0.15) is 5.10 Å². The van der Waals surface area contributed by atoms with Gasteiger partial charge in [-0.15, -0.1) is 0 Å². The zero-order chi connectivity index (χ0) is 12.6. The van der Waals surface area contributed by atoms with Crippen LogP contribution < -0.4 is 11.5 Å². The van der Waals surface area contributed by atoms with Crippen LogP contribution in [0.4, 0.5) is 5.82 Å². The van der Waals surface area contributed by atoms with Gasteiger partial charge >= 0.3 is 0 Å². The fraction of sp³-hybridized carbons (Fsp3) is 0.0909. The van der Waals surface area contributed by atoms with Crippen molar-refractivity contribution in [2.45, 2.75) is 6.92 Å². The van der Waals surface area contributed by atoms with E-state index in [9.17, 15) is 4.79 Å². The third-order valence-corrected chi connectivity index (χ3v) is 2.73. The molecule has 2 aromatic rings. The predicted molar refractivity (Wildman–Crippen MR) is 66.2 cm³/mol. The highest BCUT2D eigenvalue weighted by atomic mass is 35.5. The van der Waals surface area contributed by atoms with Gasteiger partial charge in [0.1, 0.15) is 5.82 Å². The third kappa shape index (κ3) is 2.09. The normalized spacial score (nSPS) is 10.5. The molecule has 2 rings (SSSR count). The Balaban J connectivity index is 2.47. The number of hydrogen-bond acceptors (Lipinski definition) is 3. The van der Waals surface area contributed by atoms with Crippen molar-refractivity contribution in [2.24, 2.45) is 5.73 Å². The van der Waals surface area contributed by atoms with E-state index in [-0.39, 0.29) is 5.56 Å². The fourth-order valence-corrected chi connectivity index (χ4v) is 1.72. The summed E-state index contributed by atoms with van der Waals surface area (Å²) in [7, 11) is 0. The molecule has 17 heavy (non-hydrogen) atoms. The first-order valence-electron chi connectivity index (χ1n) is 4.90. The van der Waals surface area contributed by atoms with Crippen LogP contribution in [0.1, 0.15) is 15.9 Å². The van der Waals surface area contributed by atoms with Crippen molar-refractivity contribution >= 4 is 23.3 Å². The Labute approximate surface area is 103 Å². The summed E-state index contributed by atoms with van der Waals surface area (Å²) in [5.74, 6) is -0.0993. The number of hydrogen-bond donors (Lipinski definition) is 2. The molecular weight excluding hydrogens is 240 g/mol. The van der Waals surface area contributed by atoms with E-state index in [2.05, 4.69) is 5.10 Å². The van der Waals surface area contributed by atoms with E-state index in [4.69, 9.17) is 23.1 Å². The van der Waals surface area contributed by atoms with E-state index in [0.717, 1.165) is 11.3 Å². The lowest BCUT2D eigenvalue weighted by molar-refractivity contribution is 0.100. The summed E-state index contributed by atoms with van der Waals surface area (Å²) in [6.07, 6.45) is 1.78. The Bertz CT molecular complexity index is 572. The van der Waals surface area contributed by atoms with Crippen molar-refractivity contribution in [2.75, 3.05) is 5.73 Å².